The van der Waals surface area contributed by atoms with Gasteiger partial charge in [-0.25, -0.2) is 0 Å². The van der Waals surface area contributed by atoms with Gasteiger partial charge >= 0.3 is 0 Å². The van der Waals surface area contributed by atoms with Crippen LogP contribution < -0.4 is 22.1 Å². The highest BCUT2D eigenvalue weighted by molar-refractivity contribution is 8.15. The van der Waals surface area contributed by atoms with Gasteiger partial charge in [0.05, 0.1) is 11.4 Å². The smallest absolute Gasteiger partial charge is 0.262 e. The molecule has 10 nitrogen and oxygen atoms in total. The molecule has 2 aliphatic rings. The Hall–Kier alpha value is -2.86. The van der Waals surface area contributed by atoms with E-state index in [4.69, 9.17) is 11.5 Å². The Balaban J connectivity index is 1.58. The largest absolute Gasteiger partial charge is 0.378 e. The molecule has 12 heteroatoms. The van der Waals surface area contributed by atoms with E-state index in [1.807, 2.05) is 0 Å². The van der Waals surface area contributed by atoms with Crippen molar-refractivity contribution in [3.05, 3.63) is 24.3 Å². The predicted molar refractivity (Wildman–Crippen MR) is 109 cm³/mol. The van der Waals surface area contributed by atoms with Gasteiger partial charge in [0.25, 0.3) is 11.8 Å². The third-order valence-electron chi connectivity index (χ3n) is 3.73. The van der Waals surface area contributed by atoms with E-state index in [0.717, 1.165) is 23.5 Å². The number of nitrogens with one attached hydrogen (secondary N) is 2. The van der Waals surface area contributed by atoms with Crippen molar-refractivity contribution in [2.45, 2.75) is 23.3 Å². The van der Waals surface area contributed by atoms with E-state index in [1.54, 1.807) is 24.3 Å². The zero-order valence-corrected chi connectivity index (χ0v) is 16.0. The molecule has 6 N–H and O–H groups in total. The number of hydrogen-bond acceptors (Lipinski definition) is 8. The molecule has 0 aromatic heterocycles. The van der Waals surface area contributed by atoms with Crippen LogP contribution in [0.4, 0.5) is 11.4 Å². The van der Waals surface area contributed by atoms with Gasteiger partial charge in [-0.05, 0) is 12.1 Å². The summed E-state index contributed by atoms with van der Waals surface area (Å²) in [6.07, 6.45) is -0.195. The molecule has 0 saturated heterocycles. The lowest BCUT2D eigenvalue weighted by molar-refractivity contribution is -0.121. The summed E-state index contributed by atoms with van der Waals surface area (Å²) in [5.41, 5.74) is 11.7. The lowest BCUT2D eigenvalue weighted by Crippen LogP contribution is -2.24. The molecule has 4 amide bonds. The first-order valence-electron chi connectivity index (χ1n) is 8.10. The molecule has 2 aliphatic heterocycles. The van der Waals surface area contributed by atoms with E-state index in [-0.39, 0.29) is 23.2 Å². The van der Waals surface area contributed by atoms with Crippen LogP contribution in [-0.4, -0.2) is 44.5 Å². The normalized spacial score (nSPS) is 21.3. The average molecular weight is 420 g/mol. The number of amidine groups is 2. The van der Waals surface area contributed by atoms with Gasteiger partial charge in [0.15, 0.2) is 10.3 Å². The average Bonchev–Trinajstić information content (AvgIpc) is 3.09. The third-order valence-corrected chi connectivity index (χ3v) is 5.71. The van der Waals surface area contributed by atoms with Crippen molar-refractivity contribution < 1.29 is 19.2 Å². The summed E-state index contributed by atoms with van der Waals surface area (Å²) in [7, 11) is 0. The number of anilines is 2. The molecule has 146 valence electrons. The topological polar surface area (TPSA) is 169 Å². The first-order valence-corrected chi connectivity index (χ1v) is 9.86. The molecule has 0 fully saturated rings. The first-order chi connectivity index (χ1) is 13.3. The van der Waals surface area contributed by atoms with Gasteiger partial charge in [0.1, 0.15) is 10.5 Å². The van der Waals surface area contributed by atoms with E-state index in [9.17, 15) is 19.2 Å². The standard InChI is InChI=1S/C16H16N6O4S2/c17-15-21-13(25)9(27-15)5-11(23)19-7-3-1-2-4-8(7)20-12(24)6-10-14(26)22-16(18)28-10/h1-4,9-10H,5-6H2,(H,19,23)(H,20,24)(H2,17,21,25)(H2,18,22,26)/t9-,10-/m1/s1. The fourth-order valence-electron chi connectivity index (χ4n) is 2.50. The molecule has 0 radical (unpaired) electrons. The molecule has 0 unspecified atom stereocenters. The maximum Gasteiger partial charge on any atom is 0.262 e. The van der Waals surface area contributed by atoms with Crippen LogP contribution in [0.2, 0.25) is 0 Å². The maximum absolute atomic E-state index is 12.3. The Morgan fingerprint density at radius 2 is 1.25 bits per heavy atom. The maximum atomic E-state index is 12.3. The van der Waals surface area contributed by atoms with Crippen LogP contribution in [0, 0.1) is 0 Å². The number of para-hydroxylation sites is 2. The molecule has 0 spiro atoms. The molecule has 28 heavy (non-hydrogen) atoms. The quantitative estimate of drug-likeness (QED) is 0.508. The van der Waals surface area contributed by atoms with Crippen LogP contribution in [0.3, 0.4) is 0 Å². The second-order valence-corrected chi connectivity index (χ2v) is 8.29. The van der Waals surface area contributed by atoms with Crippen LogP contribution in [0.15, 0.2) is 34.3 Å². The van der Waals surface area contributed by atoms with E-state index in [0.29, 0.717) is 11.4 Å². The lowest BCUT2D eigenvalue weighted by Gasteiger charge is -2.14. The van der Waals surface area contributed by atoms with E-state index < -0.39 is 34.1 Å². The fourth-order valence-corrected chi connectivity index (χ4v) is 4.15. The number of amides is 4. The van der Waals surface area contributed by atoms with Crippen molar-refractivity contribution in [2.75, 3.05) is 10.6 Å². The number of rotatable bonds is 6. The highest BCUT2D eigenvalue weighted by Crippen LogP contribution is 2.27. The van der Waals surface area contributed by atoms with Crippen molar-refractivity contribution >= 4 is 68.9 Å². The molecular formula is C16H16N6O4S2. The van der Waals surface area contributed by atoms with Crippen LogP contribution >= 0.6 is 23.5 Å². The van der Waals surface area contributed by atoms with E-state index >= 15 is 0 Å². The number of hydrogen-bond donors (Lipinski definition) is 4. The summed E-state index contributed by atoms with van der Waals surface area (Å²) in [6.45, 7) is 0. The highest BCUT2D eigenvalue weighted by atomic mass is 32.2. The molecule has 2 heterocycles. The van der Waals surface area contributed by atoms with E-state index in [2.05, 4.69) is 20.6 Å². The minimum absolute atomic E-state index is 0.0974. The molecule has 3 rings (SSSR count). The lowest BCUT2D eigenvalue weighted by atomic mass is 10.2. The molecular weight excluding hydrogens is 404 g/mol. The van der Waals surface area contributed by atoms with Crippen LogP contribution in [-0.2, 0) is 19.2 Å². The van der Waals surface area contributed by atoms with Crippen molar-refractivity contribution in [3.8, 4) is 0 Å². The molecule has 1 aromatic rings. The molecule has 2 atom stereocenters. The molecule has 0 aliphatic carbocycles. The van der Waals surface area contributed by atoms with Crippen molar-refractivity contribution in [2.24, 2.45) is 21.5 Å². The second kappa shape index (κ2) is 8.44. The SMILES string of the molecule is NC1=NC(=O)[C@@H](CC(=O)Nc2ccccc2NC(=O)C[C@H]2SC(N)=NC2=O)S1. The van der Waals surface area contributed by atoms with Crippen LogP contribution in [0.25, 0.3) is 0 Å². The summed E-state index contributed by atoms with van der Waals surface area (Å²) in [5, 5.41) is 4.29. The number of aliphatic imine (C=N–C) groups is 2. The fraction of sp³-hybridized carbons (Fsp3) is 0.250. The Labute approximate surface area is 168 Å². The first kappa shape index (κ1) is 19.9. The third kappa shape index (κ3) is 4.89. The van der Waals surface area contributed by atoms with Crippen molar-refractivity contribution in [3.63, 3.8) is 0 Å². The molecule has 0 bridgehead atoms. The van der Waals surface area contributed by atoms with Gasteiger partial charge in [0, 0.05) is 12.8 Å². The minimum atomic E-state index is -0.655. The summed E-state index contributed by atoms with van der Waals surface area (Å²) in [4.78, 5) is 54.9. The van der Waals surface area contributed by atoms with Crippen molar-refractivity contribution in [1.29, 1.82) is 0 Å². The van der Waals surface area contributed by atoms with Crippen molar-refractivity contribution in [1.82, 2.24) is 0 Å². The highest BCUT2D eigenvalue weighted by Gasteiger charge is 2.30. The monoisotopic (exact) mass is 420 g/mol. The van der Waals surface area contributed by atoms with Gasteiger partial charge in [-0.1, -0.05) is 35.7 Å². The zero-order chi connectivity index (χ0) is 20.3. The Morgan fingerprint density at radius 3 is 1.57 bits per heavy atom. The van der Waals surface area contributed by atoms with Crippen LogP contribution in [0.5, 0.6) is 0 Å². The number of carbonyl (C=O) groups excluding carboxylic acids is 4. The summed E-state index contributed by atoms with van der Waals surface area (Å²) < 4.78 is 0. The zero-order valence-electron chi connectivity index (χ0n) is 14.4. The number of nitrogens with zero attached hydrogens (tertiary/aromatic N) is 2. The van der Waals surface area contributed by atoms with Gasteiger partial charge in [-0.2, -0.15) is 9.98 Å². The van der Waals surface area contributed by atoms with Gasteiger partial charge < -0.3 is 22.1 Å². The Morgan fingerprint density at radius 1 is 0.857 bits per heavy atom. The summed E-state index contributed by atoms with van der Waals surface area (Å²) in [5.74, 6) is -1.72. The summed E-state index contributed by atoms with van der Waals surface area (Å²) >= 11 is 2.08. The van der Waals surface area contributed by atoms with Gasteiger partial charge in [-0.15, -0.1) is 0 Å². The Bertz CT molecular complexity index is 843. The Kier molecular flexibility index (Phi) is 5.99. The number of nitrogens with two attached hydrogens (primary N) is 2. The predicted octanol–water partition coefficient (Wildman–Crippen LogP) is 0.257. The summed E-state index contributed by atoms with van der Waals surface area (Å²) in [6, 6.07) is 6.59. The van der Waals surface area contributed by atoms with Gasteiger partial charge in [-0.3, -0.25) is 19.2 Å². The number of thioether (sulfide) groups is 2. The molecule has 0 saturated carbocycles. The van der Waals surface area contributed by atoms with E-state index in [1.165, 1.54) is 0 Å². The number of carbonyl (C=O) groups is 4. The minimum Gasteiger partial charge on any atom is -0.378 e. The van der Waals surface area contributed by atoms with Gasteiger partial charge in [0.2, 0.25) is 11.8 Å². The number of benzene rings is 1. The second-order valence-electron chi connectivity index (χ2n) is 5.84. The molecule has 1 aromatic carbocycles. The van der Waals surface area contributed by atoms with Crippen LogP contribution in [0.1, 0.15) is 12.8 Å².